The van der Waals surface area contributed by atoms with Crippen LogP contribution in [-0.4, -0.2) is 11.7 Å². The van der Waals surface area contributed by atoms with Crippen molar-refractivity contribution in [3.05, 3.63) is 52.5 Å². The van der Waals surface area contributed by atoms with E-state index in [9.17, 15) is 5.11 Å². The maximum atomic E-state index is 10.1. The summed E-state index contributed by atoms with van der Waals surface area (Å²) in [4.78, 5) is 0. The Balaban J connectivity index is 2.14. The van der Waals surface area contributed by atoms with Crippen LogP contribution in [0.4, 0.5) is 5.69 Å². The van der Waals surface area contributed by atoms with Crippen molar-refractivity contribution < 1.29 is 9.84 Å². The van der Waals surface area contributed by atoms with Gasteiger partial charge < -0.3 is 15.2 Å². The van der Waals surface area contributed by atoms with Gasteiger partial charge in [0, 0.05) is 12.1 Å². The highest BCUT2D eigenvalue weighted by Gasteiger charge is 2.08. The van der Waals surface area contributed by atoms with E-state index >= 15 is 0 Å². The number of rotatable bonds is 5. The van der Waals surface area contributed by atoms with E-state index in [1.807, 2.05) is 44.2 Å². The van der Waals surface area contributed by atoms with Gasteiger partial charge in [-0.3, -0.25) is 0 Å². The highest BCUT2D eigenvalue weighted by atomic mass is 35.5. The number of aryl methyl sites for hydroxylation is 1. The number of hydrogen-bond donors (Lipinski definition) is 2. The van der Waals surface area contributed by atoms with Crippen LogP contribution in [0.5, 0.6) is 11.5 Å². The number of anilines is 1. The molecule has 0 bridgehead atoms. The number of halogens is 1. The Morgan fingerprint density at radius 2 is 2.05 bits per heavy atom. The first-order chi connectivity index (χ1) is 9.61. The van der Waals surface area contributed by atoms with Crippen molar-refractivity contribution in [1.29, 1.82) is 0 Å². The first kappa shape index (κ1) is 14.5. The van der Waals surface area contributed by atoms with Gasteiger partial charge in [-0.1, -0.05) is 29.8 Å². The van der Waals surface area contributed by atoms with E-state index in [1.54, 1.807) is 6.07 Å². The molecule has 0 fully saturated rings. The molecule has 4 heteroatoms. The number of hydrogen-bond acceptors (Lipinski definition) is 3. The van der Waals surface area contributed by atoms with Gasteiger partial charge in [-0.2, -0.15) is 0 Å². The summed E-state index contributed by atoms with van der Waals surface area (Å²) in [5.74, 6) is 0.674. The summed E-state index contributed by atoms with van der Waals surface area (Å²) >= 11 is 6.13. The van der Waals surface area contributed by atoms with Gasteiger partial charge in [0.2, 0.25) is 0 Å². The van der Waals surface area contributed by atoms with Crippen molar-refractivity contribution in [2.75, 3.05) is 11.9 Å². The third-order valence-corrected chi connectivity index (χ3v) is 3.30. The summed E-state index contributed by atoms with van der Waals surface area (Å²) in [5, 5.41) is 14.0. The largest absolute Gasteiger partial charge is 0.504 e. The first-order valence-corrected chi connectivity index (χ1v) is 6.93. The van der Waals surface area contributed by atoms with Crippen molar-refractivity contribution in [3.8, 4) is 11.5 Å². The fourth-order valence-electron chi connectivity index (χ4n) is 1.95. The fraction of sp³-hybridized carbons (Fsp3) is 0.250. The zero-order chi connectivity index (χ0) is 14.5. The third-order valence-electron chi connectivity index (χ3n) is 2.97. The number of ether oxygens (including phenoxy) is 1. The Labute approximate surface area is 124 Å². The molecular weight excluding hydrogens is 274 g/mol. The molecule has 0 aromatic heterocycles. The number of phenols is 1. The molecule has 0 saturated heterocycles. The number of benzene rings is 2. The molecule has 0 saturated carbocycles. The molecule has 0 aliphatic carbocycles. The van der Waals surface area contributed by atoms with E-state index in [4.69, 9.17) is 16.3 Å². The molecule has 0 aliphatic heterocycles. The topological polar surface area (TPSA) is 41.5 Å². The predicted molar refractivity (Wildman–Crippen MR) is 82.8 cm³/mol. The molecule has 0 unspecified atom stereocenters. The molecular formula is C16H18ClNO2. The highest BCUT2D eigenvalue weighted by molar-refractivity contribution is 6.33. The van der Waals surface area contributed by atoms with Crippen molar-refractivity contribution in [2.24, 2.45) is 0 Å². The standard InChI is InChI=1S/C16H18ClNO2/c1-3-20-15-6-4-5-12(16(15)19)10-18-14-9-11(2)7-8-13(14)17/h4-9,18-19H,3,10H2,1-2H3. The molecule has 0 spiro atoms. The van der Waals surface area contributed by atoms with E-state index in [0.29, 0.717) is 23.9 Å². The molecule has 0 atom stereocenters. The van der Waals surface area contributed by atoms with Crippen molar-refractivity contribution in [3.63, 3.8) is 0 Å². The second-order valence-corrected chi connectivity index (χ2v) is 4.94. The Morgan fingerprint density at radius 3 is 2.80 bits per heavy atom. The SMILES string of the molecule is CCOc1cccc(CNc2cc(C)ccc2Cl)c1O. The van der Waals surface area contributed by atoms with Crippen molar-refractivity contribution in [2.45, 2.75) is 20.4 Å². The summed E-state index contributed by atoms with van der Waals surface area (Å²) in [6.45, 7) is 4.90. The Bertz CT molecular complexity index is 599. The number of aromatic hydroxyl groups is 1. The van der Waals surface area contributed by atoms with Crippen molar-refractivity contribution >= 4 is 17.3 Å². The van der Waals surface area contributed by atoms with Crippen LogP contribution in [0.2, 0.25) is 5.02 Å². The zero-order valence-corrected chi connectivity index (χ0v) is 12.4. The van der Waals surface area contributed by atoms with Gasteiger partial charge in [-0.15, -0.1) is 0 Å². The Kier molecular flexibility index (Phi) is 4.74. The fourth-order valence-corrected chi connectivity index (χ4v) is 2.13. The minimum atomic E-state index is 0.172. The summed E-state index contributed by atoms with van der Waals surface area (Å²) in [5.41, 5.74) is 2.76. The van der Waals surface area contributed by atoms with Gasteiger partial charge in [0.15, 0.2) is 11.5 Å². The van der Waals surface area contributed by atoms with Crippen LogP contribution in [0.15, 0.2) is 36.4 Å². The lowest BCUT2D eigenvalue weighted by molar-refractivity contribution is 0.317. The van der Waals surface area contributed by atoms with Gasteiger partial charge in [0.05, 0.1) is 17.3 Å². The molecule has 2 rings (SSSR count). The van der Waals surface area contributed by atoms with Crippen LogP contribution in [0.25, 0.3) is 0 Å². The number of phenolic OH excluding ortho intramolecular Hbond substituents is 1. The molecule has 2 aromatic carbocycles. The van der Waals surface area contributed by atoms with Crippen LogP contribution < -0.4 is 10.1 Å². The number of nitrogens with one attached hydrogen (secondary N) is 1. The van der Waals surface area contributed by atoms with Gasteiger partial charge >= 0.3 is 0 Å². The molecule has 0 aliphatic rings. The number of para-hydroxylation sites is 1. The molecule has 2 aromatic rings. The highest BCUT2D eigenvalue weighted by Crippen LogP contribution is 2.31. The maximum Gasteiger partial charge on any atom is 0.162 e. The Morgan fingerprint density at radius 1 is 1.25 bits per heavy atom. The minimum Gasteiger partial charge on any atom is -0.504 e. The smallest absolute Gasteiger partial charge is 0.162 e. The molecule has 106 valence electrons. The van der Waals surface area contributed by atoms with E-state index < -0.39 is 0 Å². The van der Waals surface area contributed by atoms with Crippen LogP contribution in [-0.2, 0) is 6.54 Å². The van der Waals surface area contributed by atoms with Gasteiger partial charge in [0.1, 0.15) is 0 Å². The summed E-state index contributed by atoms with van der Waals surface area (Å²) in [6.07, 6.45) is 0. The lowest BCUT2D eigenvalue weighted by atomic mass is 10.1. The van der Waals surface area contributed by atoms with Gasteiger partial charge in [-0.25, -0.2) is 0 Å². The van der Waals surface area contributed by atoms with E-state index in [-0.39, 0.29) is 5.75 Å². The van der Waals surface area contributed by atoms with Crippen LogP contribution in [0.3, 0.4) is 0 Å². The second kappa shape index (κ2) is 6.53. The van der Waals surface area contributed by atoms with E-state index in [2.05, 4.69) is 5.32 Å². The lowest BCUT2D eigenvalue weighted by Crippen LogP contribution is -2.02. The average molecular weight is 292 g/mol. The monoisotopic (exact) mass is 291 g/mol. The molecule has 0 radical (unpaired) electrons. The predicted octanol–water partition coefficient (Wildman–Crippen LogP) is 4.36. The zero-order valence-electron chi connectivity index (χ0n) is 11.6. The second-order valence-electron chi connectivity index (χ2n) is 4.53. The maximum absolute atomic E-state index is 10.1. The molecule has 20 heavy (non-hydrogen) atoms. The minimum absolute atomic E-state index is 0.172. The summed E-state index contributed by atoms with van der Waals surface area (Å²) in [6, 6.07) is 11.3. The summed E-state index contributed by atoms with van der Waals surface area (Å²) < 4.78 is 5.37. The van der Waals surface area contributed by atoms with Crippen LogP contribution in [0.1, 0.15) is 18.1 Å². The quantitative estimate of drug-likeness (QED) is 0.860. The average Bonchev–Trinajstić information content (AvgIpc) is 2.43. The Hall–Kier alpha value is -1.87. The van der Waals surface area contributed by atoms with Crippen molar-refractivity contribution in [1.82, 2.24) is 0 Å². The van der Waals surface area contributed by atoms with E-state index in [1.165, 1.54) is 0 Å². The molecule has 0 heterocycles. The third kappa shape index (κ3) is 3.36. The van der Waals surface area contributed by atoms with Gasteiger partial charge in [-0.05, 0) is 37.6 Å². The molecule has 2 N–H and O–H groups in total. The lowest BCUT2D eigenvalue weighted by Gasteiger charge is -2.13. The molecule has 3 nitrogen and oxygen atoms in total. The van der Waals surface area contributed by atoms with Gasteiger partial charge in [0.25, 0.3) is 0 Å². The van der Waals surface area contributed by atoms with E-state index in [0.717, 1.165) is 16.8 Å². The normalized spacial score (nSPS) is 10.3. The van der Waals surface area contributed by atoms with Crippen LogP contribution in [0, 0.1) is 6.92 Å². The summed E-state index contributed by atoms with van der Waals surface area (Å²) in [7, 11) is 0. The first-order valence-electron chi connectivity index (χ1n) is 6.55. The molecule has 0 amide bonds. The van der Waals surface area contributed by atoms with Crippen LogP contribution >= 0.6 is 11.6 Å².